The summed E-state index contributed by atoms with van der Waals surface area (Å²) in [5.74, 6) is 1.27. The van der Waals surface area contributed by atoms with Gasteiger partial charge in [-0.2, -0.15) is 0 Å². The van der Waals surface area contributed by atoms with Crippen molar-refractivity contribution in [3.63, 3.8) is 0 Å². The molecule has 0 aliphatic heterocycles. The lowest BCUT2D eigenvalue weighted by Crippen LogP contribution is -2.23. The number of hydrogen-bond donors (Lipinski definition) is 1. The Bertz CT molecular complexity index is 454. The largest absolute Gasteiger partial charge is 0.382 e. The van der Waals surface area contributed by atoms with Gasteiger partial charge in [-0.15, -0.1) is 0 Å². The Morgan fingerprint density at radius 3 is 2.53 bits per heavy atom. The zero-order valence-electron chi connectivity index (χ0n) is 9.74. The zero-order chi connectivity index (χ0) is 12.1. The molecule has 0 unspecified atom stereocenters. The van der Waals surface area contributed by atoms with Crippen LogP contribution in [-0.4, -0.2) is 21.5 Å². The van der Waals surface area contributed by atoms with E-state index in [0.29, 0.717) is 5.82 Å². The molecule has 0 aromatic carbocycles. The second kappa shape index (κ2) is 5.25. The first kappa shape index (κ1) is 11.3. The van der Waals surface area contributed by atoms with Crippen molar-refractivity contribution in [1.29, 1.82) is 0 Å². The summed E-state index contributed by atoms with van der Waals surface area (Å²) in [6, 6.07) is 3.99. The third-order valence-corrected chi connectivity index (χ3v) is 2.49. The van der Waals surface area contributed by atoms with Gasteiger partial charge in [0.25, 0.3) is 0 Å². The van der Waals surface area contributed by atoms with Crippen molar-refractivity contribution in [2.45, 2.75) is 13.5 Å². The van der Waals surface area contributed by atoms with Crippen LogP contribution in [0.3, 0.4) is 0 Å². The molecule has 0 spiro atoms. The Balaban J connectivity index is 2.14. The molecule has 17 heavy (non-hydrogen) atoms. The van der Waals surface area contributed by atoms with Gasteiger partial charge in [-0.3, -0.25) is 4.98 Å². The predicted octanol–water partition coefficient (Wildman–Crippen LogP) is 1.48. The predicted molar refractivity (Wildman–Crippen MR) is 67.4 cm³/mol. The number of hydrogen-bond acceptors (Lipinski definition) is 5. The van der Waals surface area contributed by atoms with E-state index in [4.69, 9.17) is 5.73 Å². The van der Waals surface area contributed by atoms with Crippen LogP contribution in [0.4, 0.5) is 11.6 Å². The Morgan fingerprint density at radius 2 is 1.94 bits per heavy atom. The third kappa shape index (κ3) is 2.90. The number of aromatic nitrogens is 3. The Hall–Kier alpha value is -2.17. The van der Waals surface area contributed by atoms with Crippen molar-refractivity contribution in [1.82, 2.24) is 15.0 Å². The molecular weight excluding hydrogens is 214 g/mol. The van der Waals surface area contributed by atoms with Crippen LogP contribution in [-0.2, 0) is 6.54 Å². The Kier molecular flexibility index (Phi) is 3.49. The molecule has 5 heteroatoms. The molecule has 0 fully saturated rings. The lowest BCUT2D eigenvalue weighted by molar-refractivity contribution is 0.808. The number of nitrogens with zero attached hydrogens (tertiary/aromatic N) is 4. The van der Waals surface area contributed by atoms with Crippen molar-refractivity contribution in [2.24, 2.45) is 0 Å². The molecule has 2 heterocycles. The van der Waals surface area contributed by atoms with Crippen LogP contribution in [0.5, 0.6) is 0 Å². The molecule has 2 aromatic heterocycles. The second-order valence-electron chi connectivity index (χ2n) is 3.67. The van der Waals surface area contributed by atoms with E-state index >= 15 is 0 Å². The van der Waals surface area contributed by atoms with Crippen LogP contribution in [0, 0.1) is 0 Å². The molecule has 0 aliphatic rings. The summed E-state index contributed by atoms with van der Waals surface area (Å²) in [5.41, 5.74) is 6.72. The lowest BCUT2D eigenvalue weighted by atomic mass is 10.2. The smallest absolute Gasteiger partial charge is 0.147 e. The van der Waals surface area contributed by atoms with E-state index in [1.165, 1.54) is 5.56 Å². The van der Waals surface area contributed by atoms with Gasteiger partial charge in [0, 0.05) is 25.5 Å². The van der Waals surface area contributed by atoms with Crippen LogP contribution in [0.25, 0.3) is 0 Å². The first-order valence-corrected chi connectivity index (χ1v) is 5.51. The molecule has 0 saturated heterocycles. The molecule has 2 rings (SSSR count). The minimum Gasteiger partial charge on any atom is -0.382 e. The van der Waals surface area contributed by atoms with Crippen LogP contribution >= 0.6 is 0 Å². The summed E-state index contributed by atoms with van der Waals surface area (Å²) >= 11 is 0. The van der Waals surface area contributed by atoms with Crippen molar-refractivity contribution >= 4 is 11.6 Å². The minimum atomic E-state index is 0.439. The van der Waals surface area contributed by atoms with Crippen LogP contribution < -0.4 is 10.6 Å². The topological polar surface area (TPSA) is 67.9 Å². The van der Waals surface area contributed by atoms with E-state index in [9.17, 15) is 0 Å². The van der Waals surface area contributed by atoms with Gasteiger partial charge >= 0.3 is 0 Å². The summed E-state index contributed by atoms with van der Waals surface area (Å²) in [4.78, 5) is 14.4. The van der Waals surface area contributed by atoms with Crippen molar-refractivity contribution in [3.8, 4) is 0 Å². The summed E-state index contributed by atoms with van der Waals surface area (Å²) in [5, 5.41) is 0. The number of anilines is 2. The molecule has 0 saturated carbocycles. The summed E-state index contributed by atoms with van der Waals surface area (Å²) < 4.78 is 0. The van der Waals surface area contributed by atoms with Crippen LogP contribution in [0.15, 0.2) is 36.9 Å². The molecule has 2 aromatic rings. The molecule has 5 nitrogen and oxygen atoms in total. The zero-order valence-corrected chi connectivity index (χ0v) is 9.74. The van der Waals surface area contributed by atoms with E-state index < -0.39 is 0 Å². The number of rotatable bonds is 4. The normalized spacial score (nSPS) is 10.2. The summed E-state index contributed by atoms with van der Waals surface area (Å²) in [6.07, 6.45) is 6.85. The van der Waals surface area contributed by atoms with Crippen LogP contribution in [0.1, 0.15) is 12.5 Å². The number of pyridine rings is 1. The van der Waals surface area contributed by atoms with E-state index in [0.717, 1.165) is 18.9 Å². The maximum Gasteiger partial charge on any atom is 0.147 e. The van der Waals surface area contributed by atoms with Crippen molar-refractivity contribution < 1.29 is 0 Å². The van der Waals surface area contributed by atoms with Gasteiger partial charge in [0.15, 0.2) is 0 Å². The molecule has 0 bridgehead atoms. The van der Waals surface area contributed by atoms with Gasteiger partial charge in [-0.05, 0) is 24.6 Å². The fraction of sp³-hybridized carbons (Fsp3) is 0.250. The van der Waals surface area contributed by atoms with Crippen molar-refractivity contribution in [2.75, 3.05) is 17.2 Å². The summed E-state index contributed by atoms with van der Waals surface area (Å²) in [6.45, 7) is 3.73. The second-order valence-corrected chi connectivity index (χ2v) is 3.67. The first-order valence-electron chi connectivity index (χ1n) is 5.51. The molecule has 0 aliphatic carbocycles. The molecule has 2 N–H and O–H groups in total. The lowest BCUT2D eigenvalue weighted by Gasteiger charge is -2.21. The van der Waals surface area contributed by atoms with Gasteiger partial charge < -0.3 is 10.6 Å². The molecule has 0 atom stereocenters. The van der Waals surface area contributed by atoms with E-state index in [1.807, 2.05) is 12.1 Å². The summed E-state index contributed by atoms with van der Waals surface area (Å²) in [7, 11) is 0. The van der Waals surface area contributed by atoms with Gasteiger partial charge in [0.05, 0.1) is 12.4 Å². The van der Waals surface area contributed by atoms with Gasteiger partial charge in [-0.25, -0.2) is 9.97 Å². The first-order chi connectivity index (χ1) is 8.29. The molecular formula is C12H15N5. The molecule has 0 radical (unpaired) electrons. The number of nitrogens with two attached hydrogens (primary N) is 1. The highest BCUT2D eigenvalue weighted by molar-refractivity contribution is 5.40. The fourth-order valence-electron chi connectivity index (χ4n) is 1.56. The minimum absolute atomic E-state index is 0.439. The SMILES string of the molecule is CCN(Cc1ccncc1)c1cnc(N)cn1. The molecule has 88 valence electrons. The fourth-order valence-corrected chi connectivity index (χ4v) is 1.56. The van der Waals surface area contributed by atoms with Gasteiger partial charge in [0.2, 0.25) is 0 Å². The van der Waals surface area contributed by atoms with E-state index in [-0.39, 0.29) is 0 Å². The average Bonchev–Trinajstić information content (AvgIpc) is 2.38. The maximum atomic E-state index is 5.52. The highest BCUT2D eigenvalue weighted by Gasteiger charge is 2.06. The highest BCUT2D eigenvalue weighted by Crippen LogP contribution is 2.13. The maximum absolute atomic E-state index is 5.52. The standard InChI is InChI=1S/C12H15N5/c1-2-17(9-10-3-5-14-6-4-10)12-8-15-11(13)7-16-12/h3-8H,2,9H2,1H3,(H2,13,15). The van der Waals surface area contributed by atoms with E-state index in [1.54, 1.807) is 24.8 Å². The Labute approximate surface area is 100 Å². The van der Waals surface area contributed by atoms with Gasteiger partial charge in [0.1, 0.15) is 11.6 Å². The average molecular weight is 229 g/mol. The monoisotopic (exact) mass is 229 g/mol. The van der Waals surface area contributed by atoms with Crippen LogP contribution in [0.2, 0.25) is 0 Å². The Morgan fingerprint density at radius 1 is 1.18 bits per heavy atom. The molecule has 0 amide bonds. The third-order valence-electron chi connectivity index (χ3n) is 2.49. The van der Waals surface area contributed by atoms with Gasteiger partial charge in [-0.1, -0.05) is 0 Å². The quantitative estimate of drug-likeness (QED) is 0.860. The number of nitrogen functional groups attached to an aromatic ring is 1. The highest BCUT2D eigenvalue weighted by atomic mass is 15.2. The van der Waals surface area contributed by atoms with Crippen molar-refractivity contribution in [3.05, 3.63) is 42.5 Å². The van der Waals surface area contributed by atoms with E-state index in [2.05, 4.69) is 26.8 Å².